The summed E-state index contributed by atoms with van der Waals surface area (Å²) in [7, 11) is -3.44. The number of Topliss-reactive ketones (excluding diaryl/α,β-unsaturated/α-hetero) is 1. The summed E-state index contributed by atoms with van der Waals surface area (Å²) in [6, 6.07) is -4.60. The number of H-pyrrole nitrogens is 1. The van der Waals surface area contributed by atoms with E-state index in [9.17, 15) is 75.6 Å². The van der Waals surface area contributed by atoms with E-state index in [1.165, 1.54) is 11.8 Å². The van der Waals surface area contributed by atoms with Gasteiger partial charge in [0.2, 0.25) is 89.1 Å². The lowest BCUT2D eigenvalue weighted by Gasteiger charge is -2.34. The number of hydrogen-bond donors (Lipinski definition) is 17. The van der Waals surface area contributed by atoms with Crippen LogP contribution in [-0.4, -0.2) is 269 Å². The molecule has 42 heteroatoms. The van der Waals surface area contributed by atoms with Gasteiger partial charge >= 0.3 is 5.97 Å². The third-order valence-corrected chi connectivity index (χ3v) is 20.9. The highest BCUT2D eigenvalue weighted by molar-refractivity contribution is 7.85. The number of fused-ring (bicyclic) bond motifs is 1. The van der Waals surface area contributed by atoms with E-state index in [1.54, 1.807) is 109 Å². The molecule has 2 aromatic carbocycles. The summed E-state index contributed by atoms with van der Waals surface area (Å²) in [4.78, 5) is 249. The van der Waals surface area contributed by atoms with E-state index in [0.29, 0.717) is 44.7 Å². The number of nitrogens with zero attached hydrogens (tertiary/aromatic N) is 4. The summed E-state index contributed by atoms with van der Waals surface area (Å²) in [5, 5.41) is 36.0. The largest absolute Gasteiger partial charge is 0.459 e. The Morgan fingerprint density at radius 3 is 1.93 bits per heavy atom. The lowest BCUT2D eigenvalue weighted by atomic mass is 9.75. The van der Waals surface area contributed by atoms with Crippen LogP contribution in [0.2, 0.25) is 0 Å². The van der Waals surface area contributed by atoms with Crippen molar-refractivity contribution < 1.29 is 104 Å². The maximum atomic E-state index is 15.3. The van der Waals surface area contributed by atoms with Crippen molar-refractivity contribution in [2.24, 2.45) is 51.1 Å². The molecule has 2 aliphatic heterocycles. The molecule has 0 bridgehead atoms. The highest BCUT2D eigenvalue weighted by Crippen LogP contribution is 2.32. The van der Waals surface area contributed by atoms with Crippen molar-refractivity contribution in [1.82, 2.24) is 72.9 Å². The van der Waals surface area contributed by atoms with Gasteiger partial charge in [0.05, 0.1) is 18.6 Å². The summed E-state index contributed by atoms with van der Waals surface area (Å²) < 4.78 is 42.2. The molecule has 15 atom stereocenters. The number of aliphatic hydroxyl groups excluding tert-OH is 1. The van der Waals surface area contributed by atoms with Gasteiger partial charge in [0, 0.05) is 75.9 Å². The second-order valence-corrected chi connectivity index (χ2v) is 33.2. The Kier molecular flexibility index (Phi) is 36.8. The molecule has 119 heavy (non-hydrogen) atoms. The Balaban J connectivity index is 1.54. The minimum absolute atomic E-state index is 0.0199. The zero-order valence-electron chi connectivity index (χ0n) is 68.8. The number of nitrogens with one attached hydrogen (secondary N) is 11. The van der Waals surface area contributed by atoms with Gasteiger partial charge in [0.25, 0.3) is 10.1 Å². The predicted octanol–water partition coefficient (Wildman–Crippen LogP) is -4.54. The molecular formula is C77H115N19O22S. The number of ketones is 1. The number of aliphatic imine (C=N–C) groups is 1. The highest BCUT2D eigenvalue weighted by atomic mass is 32.2. The fourth-order valence-electron chi connectivity index (χ4n) is 13.7. The van der Waals surface area contributed by atoms with E-state index < -0.39 is 263 Å². The van der Waals surface area contributed by atoms with Gasteiger partial charge in [-0.3, -0.25) is 91.1 Å². The molecule has 15 unspecified atom stereocenters. The molecule has 5 rings (SSSR count). The van der Waals surface area contributed by atoms with Crippen LogP contribution < -0.4 is 76.1 Å². The SMILES string of the molecule is CC(C)CC1NC(=O)C(CCC(N)=O)N(C)C(=O)C(NC(=O)C(CS(=O)(=O)O)NC(=O)C(CCCN=C(N)N)NC(=O)C(Cc2c[nH]c3ccccc23)NC(=O)C(CC(=O)C(NC(=O)C2CCCN2C(=O)C(Cc2ccccc2)NC(=O)C(C)NC=O)C(C)C)C(C)(C)C)C(C)OC(=O)CN(C)C(=O)C(CC(N)=O)NC(=O)C(C(C)O)NC1=O. The summed E-state index contributed by atoms with van der Waals surface area (Å²) >= 11 is 0. The second-order valence-electron chi connectivity index (χ2n) is 31.7. The number of esters is 1. The number of cyclic esters (lactones) is 1. The summed E-state index contributed by atoms with van der Waals surface area (Å²) in [6.07, 6.45) is -5.15. The molecule has 15 amide bonds. The van der Waals surface area contributed by atoms with Crippen LogP contribution in [0.15, 0.2) is 65.8 Å². The Bertz CT molecular complexity index is 4320. The molecule has 0 aliphatic carbocycles. The van der Waals surface area contributed by atoms with E-state index in [4.69, 9.17) is 27.7 Å². The molecule has 1 aromatic heterocycles. The van der Waals surface area contributed by atoms with Crippen molar-refractivity contribution >= 4 is 128 Å². The average molecular weight is 1690 g/mol. The topological polar surface area (TPSA) is 636 Å². The number of carbonyl (C=O) groups is 17. The van der Waals surface area contributed by atoms with Gasteiger partial charge in [0.15, 0.2) is 11.7 Å². The van der Waals surface area contributed by atoms with Crippen LogP contribution in [0.1, 0.15) is 138 Å². The van der Waals surface area contributed by atoms with E-state index >= 15 is 24.0 Å². The van der Waals surface area contributed by atoms with Gasteiger partial charge in [-0.25, -0.2) is 0 Å². The summed E-state index contributed by atoms with van der Waals surface area (Å²) in [5.41, 5.74) is 22.8. The molecule has 41 nitrogen and oxygen atoms in total. The number of ether oxygens (including phenoxy) is 1. The number of carbonyl (C=O) groups excluding carboxylic acids is 17. The van der Waals surface area contributed by atoms with Crippen molar-refractivity contribution in [2.75, 3.05) is 39.5 Å². The lowest BCUT2D eigenvalue weighted by Crippen LogP contribution is -2.63. The Labute approximate surface area is 689 Å². The highest BCUT2D eigenvalue weighted by Gasteiger charge is 2.45. The first-order chi connectivity index (χ1) is 55.6. The van der Waals surface area contributed by atoms with E-state index in [-0.39, 0.29) is 45.2 Å². The summed E-state index contributed by atoms with van der Waals surface area (Å²) in [5.74, 6) is -21.7. The molecule has 656 valence electrons. The summed E-state index contributed by atoms with van der Waals surface area (Å²) in [6.45, 7) is 13.9. The number of guanidine groups is 1. The van der Waals surface area contributed by atoms with Crippen molar-refractivity contribution in [3.05, 3.63) is 71.9 Å². The number of likely N-dealkylation sites (tertiary alicyclic amines) is 1. The van der Waals surface area contributed by atoms with Crippen LogP contribution in [0.25, 0.3) is 10.9 Å². The third-order valence-electron chi connectivity index (χ3n) is 20.1. The monoisotopic (exact) mass is 1690 g/mol. The molecule has 3 heterocycles. The first-order valence-electron chi connectivity index (χ1n) is 38.9. The minimum Gasteiger partial charge on any atom is -0.459 e. The number of rotatable bonds is 37. The molecule has 2 fully saturated rings. The molecule has 0 saturated carbocycles. The van der Waals surface area contributed by atoms with Gasteiger partial charge in [0.1, 0.15) is 84.9 Å². The van der Waals surface area contributed by atoms with Crippen molar-refractivity contribution in [1.29, 1.82) is 0 Å². The van der Waals surface area contributed by atoms with Crippen LogP contribution in [0.5, 0.6) is 0 Å². The van der Waals surface area contributed by atoms with Crippen LogP contribution in [0.4, 0.5) is 0 Å². The maximum Gasteiger partial charge on any atom is 0.325 e. The van der Waals surface area contributed by atoms with Crippen LogP contribution in [0, 0.1) is 23.2 Å². The molecule has 0 spiro atoms. The zero-order chi connectivity index (χ0) is 89.2. The fraction of sp³-hybridized carbons (Fsp3) is 0.584. The standard InChI is InChI=1S/C77H115N19O22S/c1-39(2)30-50-68(107)92-62(42(6)98)72(111)89-53(34-59(79)101)73(112)94(11)36-60(102)118-43(7)63(75(114)95(12)55(70(109)87-50)26-27-58(78)100)93-69(108)54(37-119(115,116)117)90-66(105)49(24-18-28-82-76(80)81)85-67(106)51(32-45-35-83-48-23-17-16-22-46(45)48)86-65(104)47(77(8,9)10)33-57(99)61(40(3)4)91-71(110)56-25-19-29-96(56)74(113)52(31-44-20-14-13-15-21-44)88-64(103)41(5)84-38-97/h13-17,20-23,35,38-43,47,49-56,61-63,83,98H,18-19,24-34,36-37H2,1-12H3,(H2,78,100)(H2,79,101)(H,84,97)(H,85,106)(H,86,104)(H,87,109)(H,88,103)(H,89,111)(H,90,105)(H,91,110)(H,92,107)(H,93,108)(H4,80,81,82)(H,115,116,117). The number of primary amides is 2. The van der Waals surface area contributed by atoms with Crippen LogP contribution >= 0.6 is 0 Å². The number of aromatic amines is 1. The Morgan fingerprint density at radius 1 is 0.723 bits per heavy atom. The smallest absolute Gasteiger partial charge is 0.325 e. The Hall–Kier alpha value is -11.7. The van der Waals surface area contributed by atoms with Crippen molar-refractivity contribution in [3.63, 3.8) is 0 Å². The molecule has 3 aromatic rings. The van der Waals surface area contributed by atoms with E-state index in [1.807, 2.05) is 0 Å². The van der Waals surface area contributed by atoms with E-state index in [2.05, 4.69) is 63.1 Å². The number of amides is 15. The number of nitrogens with two attached hydrogens (primary N) is 4. The molecule has 2 aliphatic rings. The maximum absolute atomic E-state index is 15.3. The van der Waals surface area contributed by atoms with Gasteiger partial charge in [-0.05, 0) is 93.7 Å². The molecule has 2 saturated heterocycles. The molecular weight excluding hydrogens is 1580 g/mol. The van der Waals surface area contributed by atoms with Gasteiger partial charge in [-0.15, -0.1) is 0 Å². The average Bonchev–Trinajstić information content (AvgIpc) is 1.68. The van der Waals surface area contributed by atoms with Crippen LogP contribution in [-0.2, 0) is 109 Å². The molecule has 0 radical (unpaired) electrons. The normalized spacial score (nSPS) is 20.8. The third kappa shape index (κ3) is 30.0. The van der Waals surface area contributed by atoms with Crippen molar-refractivity contribution in [2.45, 2.75) is 225 Å². The predicted molar refractivity (Wildman–Crippen MR) is 430 cm³/mol. The van der Waals surface area contributed by atoms with Gasteiger partial charge in [-0.2, -0.15) is 8.42 Å². The minimum atomic E-state index is -5.42. The number of likely N-dealkylation sites (N-methyl/N-ethyl adjacent to an activating group) is 2. The second kappa shape index (κ2) is 44.8. The first kappa shape index (κ1) is 97.9. The number of aliphatic hydroxyl groups is 1. The zero-order valence-corrected chi connectivity index (χ0v) is 69.7. The fourth-order valence-corrected chi connectivity index (χ4v) is 14.3. The number of hydrogen-bond acceptors (Lipinski definition) is 22. The first-order valence-corrected chi connectivity index (χ1v) is 40.5. The molecule has 21 N–H and O–H groups in total. The number of benzene rings is 2. The number of para-hydroxylation sites is 1. The quantitative estimate of drug-likeness (QED) is 0.00646. The van der Waals surface area contributed by atoms with Gasteiger partial charge in [-0.1, -0.05) is 97.0 Å². The van der Waals surface area contributed by atoms with Crippen LogP contribution in [0.3, 0.4) is 0 Å². The van der Waals surface area contributed by atoms with Crippen molar-refractivity contribution in [3.8, 4) is 0 Å². The lowest BCUT2D eigenvalue weighted by molar-refractivity contribution is -0.158. The Morgan fingerprint density at radius 2 is 1.34 bits per heavy atom. The van der Waals surface area contributed by atoms with E-state index in [0.717, 1.165) is 27.9 Å². The van der Waals surface area contributed by atoms with Gasteiger partial charge < -0.3 is 106 Å². The number of aromatic nitrogens is 1.